The van der Waals surface area contributed by atoms with Gasteiger partial charge in [0, 0.05) is 34.8 Å². The number of carbonyl (C=O) groups is 2. The monoisotopic (exact) mass is 364 g/mol. The van der Waals surface area contributed by atoms with E-state index >= 15 is 0 Å². The van der Waals surface area contributed by atoms with E-state index in [2.05, 4.69) is 10.6 Å². The van der Waals surface area contributed by atoms with Crippen LogP contribution in [0.5, 0.6) is 0 Å². The van der Waals surface area contributed by atoms with Crippen LogP contribution in [0.25, 0.3) is 11.6 Å². The number of benzene rings is 2. The Hall–Kier alpha value is -2.85. The molecule has 2 aliphatic rings. The third-order valence-corrected chi connectivity index (χ3v) is 4.82. The van der Waals surface area contributed by atoms with Gasteiger partial charge < -0.3 is 10.6 Å². The van der Waals surface area contributed by atoms with Crippen molar-refractivity contribution >= 4 is 46.3 Å². The Labute approximate surface area is 156 Å². The van der Waals surface area contributed by atoms with Gasteiger partial charge in [-0.25, -0.2) is 0 Å². The number of carbonyl (C=O) groups excluding carboxylic acids is 2. The zero-order valence-electron chi connectivity index (χ0n) is 14.0. The highest BCUT2D eigenvalue weighted by Crippen LogP contribution is 2.37. The first-order chi connectivity index (χ1) is 12.7. The number of amides is 1. The van der Waals surface area contributed by atoms with E-state index < -0.39 is 0 Å². The third-order valence-electron chi connectivity index (χ3n) is 4.55. The number of halogens is 1. The van der Waals surface area contributed by atoms with Crippen molar-refractivity contribution in [3.8, 4) is 0 Å². The minimum atomic E-state index is -0.170. The van der Waals surface area contributed by atoms with Gasteiger partial charge in [-0.1, -0.05) is 24.3 Å². The summed E-state index contributed by atoms with van der Waals surface area (Å²) in [6.07, 6.45) is 4.92. The maximum absolute atomic E-state index is 12.6. The lowest BCUT2D eigenvalue weighted by Crippen LogP contribution is -2.11. The number of ketones is 1. The molecule has 0 saturated heterocycles. The largest absolute Gasteiger partial charge is 0.354 e. The van der Waals surface area contributed by atoms with E-state index in [0.29, 0.717) is 29.9 Å². The fourth-order valence-electron chi connectivity index (χ4n) is 3.24. The van der Waals surface area contributed by atoms with E-state index in [1.165, 1.54) is 0 Å². The summed E-state index contributed by atoms with van der Waals surface area (Å²) in [6.45, 7) is 0. The molecule has 0 radical (unpaired) electrons. The number of Topliss-reactive ketones (excluding diaryl/α,β-unsaturated/α-hetero) is 1. The fraction of sp³-hybridized carbons (Fsp3) is 0.143. The van der Waals surface area contributed by atoms with Gasteiger partial charge in [0.15, 0.2) is 5.78 Å². The quantitative estimate of drug-likeness (QED) is 0.470. The summed E-state index contributed by atoms with van der Waals surface area (Å²) in [4.78, 5) is 24.9. The second-order valence-corrected chi connectivity index (χ2v) is 6.64. The second-order valence-electron chi connectivity index (χ2n) is 6.26. The van der Waals surface area contributed by atoms with Gasteiger partial charge in [-0.3, -0.25) is 9.59 Å². The van der Waals surface area contributed by atoms with Gasteiger partial charge in [0.1, 0.15) is 0 Å². The van der Waals surface area contributed by atoms with Crippen molar-refractivity contribution in [1.29, 1.82) is 0 Å². The molecule has 1 amide bonds. The van der Waals surface area contributed by atoms with Gasteiger partial charge in [0.25, 0.3) is 5.91 Å². The number of allylic oxidation sites excluding steroid dienone is 1. The van der Waals surface area contributed by atoms with Crippen LogP contribution in [0.15, 0.2) is 54.2 Å². The Morgan fingerprint density at radius 2 is 1.85 bits per heavy atom. The van der Waals surface area contributed by atoms with Crippen molar-refractivity contribution in [3.63, 3.8) is 0 Å². The molecule has 0 aromatic heterocycles. The van der Waals surface area contributed by atoms with Crippen molar-refractivity contribution in [3.05, 3.63) is 70.9 Å². The highest BCUT2D eigenvalue weighted by Gasteiger charge is 2.28. The minimum absolute atomic E-state index is 0.0367. The van der Waals surface area contributed by atoms with Gasteiger partial charge in [-0.05, 0) is 42.3 Å². The summed E-state index contributed by atoms with van der Waals surface area (Å²) < 4.78 is 0. The molecule has 2 aromatic rings. The van der Waals surface area contributed by atoms with Crippen LogP contribution in [-0.2, 0) is 4.79 Å². The first-order valence-electron chi connectivity index (χ1n) is 8.51. The third kappa shape index (κ3) is 2.93. The van der Waals surface area contributed by atoms with E-state index in [1.807, 2.05) is 36.4 Å². The summed E-state index contributed by atoms with van der Waals surface area (Å²) in [5, 5.41) is 6.20. The summed E-state index contributed by atoms with van der Waals surface area (Å²) >= 11 is 5.68. The Balaban J connectivity index is 1.74. The van der Waals surface area contributed by atoms with Crippen LogP contribution in [0.2, 0.25) is 0 Å². The molecule has 26 heavy (non-hydrogen) atoms. The number of para-hydroxylation sites is 1. The summed E-state index contributed by atoms with van der Waals surface area (Å²) in [5.41, 5.74) is 5.37. The zero-order chi connectivity index (χ0) is 18.1. The zero-order valence-corrected chi connectivity index (χ0v) is 14.8. The normalized spacial score (nSPS) is 17.3. The van der Waals surface area contributed by atoms with Crippen LogP contribution in [0, 0.1) is 0 Å². The molecule has 0 aliphatic carbocycles. The van der Waals surface area contributed by atoms with Gasteiger partial charge >= 0.3 is 0 Å². The van der Waals surface area contributed by atoms with Crippen molar-refractivity contribution < 1.29 is 9.59 Å². The molecule has 2 aliphatic heterocycles. The van der Waals surface area contributed by atoms with Crippen molar-refractivity contribution in [1.82, 2.24) is 0 Å². The maximum Gasteiger partial charge on any atom is 0.258 e. The molecular formula is C21H17ClN2O2. The molecular weight excluding hydrogens is 348 g/mol. The molecule has 2 N–H and O–H groups in total. The molecule has 2 heterocycles. The lowest BCUT2D eigenvalue weighted by Gasteiger charge is -2.17. The lowest BCUT2D eigenvalue weighted by atomic mass is 9.97. The molecule has 0 unspecified atom stereocenters. The Bertz CT molecular complexity index is 976. The predicted molar refractivity (Wildman–Crippen MR) is 105 cm³/mol. The number of rotatable bonds is 4. The number of hydrogen-bond acceptors (Lipinski definition) is 3. The first kappa shape index (κ1) is 16.6. The average molecular weight is 365 g/mol. The molecule has 5 heteroatoms. The van der Waals surface area contributed by atoms with E-state index in [9.17, 15) is 9.59 Å². The highest BCUT2D eigenvalue weighted by molar-refractivity contribution is 6.33. The predicted octanol–water partition coefficient (Wildman–Crippen LogP) is 4.69. The minimum Gasteiger partial charge on any atom is -0.354 e. The van der Waals surface area contributed by atoms with Crippen LogP contribution in [0.3, 0.4) is 0 Å². The van der Waals surface area contributed by atoms with E-state index in [1.54, 1.807) is 18.2 Å². The summed E-state index contributed by atoms with van der Waals surface area (Å²) in [6, 6.07) is 13.2. The van der Waals surface area contributed by atoms with E-state index in [4.69, 9.17) is 11.6 Å². The summed E-state index contributed by atoms with van der Waals surface area (Å²) in [5.74, 6) is 0.326. The number of hydrogen-bond donors (Lipinski definition) is 2. The van der Waals surface area contributed by atoms with Gasteiger partial charge in [-0.2, -0.15) is 0 Å². The standard InChI is InChI=1S/C21H17ClN2O2/c22-11-3-6-19(25)14-8-9-17-15(12-14)20(21(26)24-17)18-10-7-13-4-1-2-5-16(13)23-18/h1-2,4-5,7-10,12,23H,3,6,11H2,(H,24,26). The van der Waals surface area contributed by atoms with Crippen LogP contribution >= 0.6 is 11.6 Å². The Morgan fingerprint density at radius 3 is 2.69 bits per heavy atom. The number of alkyl halides is 1. The van der Waals surface area contributed by atoms with Crippen molar-refractivity contribution in [2.45, 2.75) is 12.8 Å². The molecule has 130 valence electrons. The van der Waals surface area contributed by atoms with Crippen molar-refractivity contribution in [2.24, 2.45) is 0 Å². The van der Waals surface area contributed by atoms with Crippen LogP contribution in [0.1, 0.15) is 34.3 Å². The van der Waals surface area contributed by atoms with Crippen molar-refractivity contribution in [2.75, 3.05) is 16.5 Å². The number of nitrogens with one attached hydrogen (secondary N) is 2. The molecule has 0 bridgehead atoms. The fourth-order valence-corrected chi connectivity index (χ4v) is 3.38. The van der Waals surface area contributed by atoms with E-state index in [-0.39, 0.29) is 11.7 Å². The van der Waals surface area contributed by atoms with Crippen LogP contribution in [0.4, 0.5) is 11.4 Å². The van der Waals surface area contributed by atoms with Gasteiger partial charge in [0.05, 0.1) is 11.3 Å². The SMILES string of the molecule is O=C1Nc2ccc(C(=O)CCCCl)cc2C1=C1C=Cc2ccccc2N1. The van der Waals surface area contributed by atoms with Gasteiger partial charge in [-0.15, -0.1) is 11.6 Å². The lowest BCUT2D eigenvalue weighted by molar-refractivity contribution is -0.110. The smallest absolute Gasteiger partial charge is 0.258 e. The molecule has 4 nitrogen and oxygen atoms in total. The summed E-state index contributed by atoms with van der Waals surface area (Å²) in [7, 11) is 0. The molecule has 0 saturated carbocycles. The second kappa shape index (κ2) is 6.81. The molecule has 0 spiro atoms. The highest BCUT2D eigenvalue weighted by atomic mass is 35.5. The Kier molecular flexibility index (Phi) is 4.35. The first-order valence-corrected chi connectivity index (χ1v) is 9.04. The van der Waals surface area contributed by atoms with Crippen LogP contribution < -0.4 is 10.6 Å². The van der Waals surface area contributed by atoms with Gasteiger partial charge in [0.2, 0.25) is 0 Å². The maximum atomic E-state index is 12.6. The number of anilines is 2. The Morgan fingerprint density at radius 1 is 1.00 bits per heavy atom. The molecule has 0 fully saturated rings. The van der Waals surface area contributed by atoms with Crippen LogP contribution in [-0.4, -0.2) is 17.6 Å². The van der Waals surface area contributed by atoms with E-state index in [0.717, 1.165) is 28.2 Å². The topological polar surface area (TPSA) is 58.2 Å². The average Bonchev–Trinajstić information content (AvgIpc) is 3.00. The molecule has 0 atom stereocenters. The number of fused-ring (bicyclic) bond motifs is 2. The molecule has 2 aromatic carbocycles. The molecule has 4 rings (SSSR count).